The zero-order valence-corrected chi connectivity index (χ0v) is 12.2. The van der Waals surface area contributed by atoms with Crippen LogP contribution in [0.5, 0.6) is 0 Å². The molecule has 0 spiro atoms. The van der Waals surface area contributed by atoms with E-state index in [0.29, 0.717) is 24.8 Å². The van der Waals surface area contributed by atoms with Gasteiger partial charge in [0.2, 0.25) is 5.91 Å². The molecule has 1 aromatic carbocycles. The van der Waals surface area contributed by atoms with Gasteiger partial charge in [-0.2, -0.15) is 0 Å². The molecular weight excluding hydrogens is 280 g/mol. The van der Waals surface area contributed by atoms with Crippen molar-refractivity contribution in [3.8, 4) is 0 Å². The summed E-state index contributed by atoms with van der Waals surface area (Å²) in [5.41, 5.74) is 0.941. The molecule has 3 rings (SSSR count). The second-order valence-electron chi connectivity index (χ2n) is 5.17. The molecule has 0 bridgehead atoms. The molecule has 114 valence electrons. The van der Waals surface area contributed by atoms with E-state index in [1.54, 1.807) is 12.1 Å². The summed E-state index contributed by atoms with van der Waals surface area (Å²) in [4.78, 5) is 12.1. The Bertz CT molecular complexity index is 610. The maximum atomic E-state index is 12.1. The Kier molecular flexibility index (Phi) is 4.60. The quantitative estimate of drug-likeness (QED) is 0.907. The van der Waals surface area contributed by atoms with Gasteiger partial charge in [0.1, 0.15) is 0 Å². The van der Waals surface area contributed by atoms with Crippen LogP contribution < -0.4 is 10.6 Å². The van der Waals surface area contributed by atoms with Gasteiger partial charge in [-0.3, -0.25) is 4.79 Å². The minimum atomic E-state index is -0.0126. The Morgan fingerprint density at radius 1 is 1.00 bits per heavy atom. The van der Waals surface area contributed by atoms with E-state index >= 15 is 0 Å². The second-order valence-corrected chi connectivity index (χ2v) is 5.17. The Labute approximate surface area is 128 Å². The van der Waals surface area contributed by atoms with Crippen LogP contribution in [-0.4, -0.2) is 29.3 Å². The number of amides is 1. The molecule has 0 saturated carbocycles. The third-order valence-corrected chi connectivity index (χ3v) is 3.55. The number of anilines is 3. The van der Waals surface area contributed by atoms with Crippen LogP contribution in [0, 0.1) is 5.92 Å². The lowest BCUT2D eigenvalue weighted by atomic mass is 9.99. The molecule has 2 N–H and O–H groups in total. The van der Waals surface area contributed by atoms with Crippen molar-refractivity contribution in [1.82, 2.24) is 10.2 Å². The Morgan fingerprint density at radius 2 is 1.68 bits per heavy atom. The van der Waals surface area contributed by atoms with Gasteiger partial charge in [0.25, 0.3) is 0 Å². The highest BCUT2D eigenvalue weighted by Crippen LogP contribution is 2.18. The van der Waals surface area contributed by atoms with Crippen molar-refractivity contribution in [2.24, 2.45) is 5.92 Å². The second kappa shape index (κ2) is 7.00. The van der Waals surface area contributed by atoms with Crippen LogP contribution in [0.1, 0.15) is 12.8 Å². The van der Waals surface area contributed by atoms with Gasteiger partial charge in [-0.25, -0.2) is 0 Å². The number of nitrogens with zero attached hydrogens (tertiary/aromatic N) is 2. The first kappa shape index (κ1) is 14.5. The minimum Gasteiger partial charge on any atom is -0.381 e. The van der Waals surface area contributed by atoms with E-state index in [-0.39, 0.29) is 11.8 Å². The Hall–Kier alpha value is -2.47. The number of para-hydroxylation sites is 1. The van der Waals surface area contributed by atoms with E-state index in [1.165, 1.54) is 0 Å². The van der Waals surface area contributed by atoms with Crippen LogP contribution in [-0.2, 0) is 9.53 Å². The number of carbonyl (C=O) groups is 1. The smallest absolute Gasteiger partial charge is 0.228 e. The molecule has 0 radical (unpaired) electrons. The predicted octanol–water partition coefficient (Wildman–Crippen LogP) is 2.59. The zero-order valence-electron chi connectivity index (χ0n) is 12.2. The van der Waals surface area contributed by atoms with Gasteiger partial charge in [0, 0.05) is 24.8 Å². The SMILES string of the molecule is O=C(Nc1ccc(Nc2ccccc2)nn1)C1CCOCC1. The summed E-state index contributed by atoms with van der Waals surface area (Å²) in [7, 11) is 0. The van der Waals surface area contributed by atoms with Crippen LogP contribution in [0.4, 0.5) is 17.3 Å². The molecule has 22 heavy (non-hydrogen) atoms. The van der Waals surface area contributed by atoms with Crippen molar-refractivity contribution in [2.75, 3.05) is 23.8 Å². The fourth-order valence-corrected chi connectivity index (χ4v) is 2.32. The van der Waals surface area contributed by atoms with Gasteiger partial charge in [-0.05, 0) is 37.1 Å². The predicted molar refractivity (Wildman–Crippen MR) is 83.9 cm³/mol. The molecule has 1 fully saturated rings. The molecule has 0 aliphatic carbocycles. The zero-order chi connectivity index (χ0) is 15.2. The molecular formula is C16H18N4O2. The lowest BCUT2D eigenvalue weighted by Crippen LogP contribution is -2.28. The molecule has 1 amide bonds. The van der Waals surface area contributed by atoms with Crippen molar-refractivity contribution in [3.05, 3.63) is 42.5 Å². The fraction of sp³-hybridized carbons (Fsp3) is 0.312. The fourth-order valence-electron chi connectivity index (χ4n) is 2.32. The van der Waals surface area contributed by atoms with E-state index < -0.39 is 0 Å². The van der Waals surface area contributed by atoms with Crippen molar-refractivity contribution in [2.45, 2.75) is 12.8 Å². The maximum Gasteiger partial charge on any atom is 0.228 e. The van der Waals surface area contributed by atoms with Gasteiger partial charge in [-0.1, -0.05) is 18.2 Å². The lowest BCUT2D eigenvalue weighted by Gasteiger charge is -2.20. The first-order valence-corrected chi connectivity index (χ1v) is 7.36. The van der Waals surface area contributed by atoms with Crippen LogP contribution in [0.3, 0.4) is 0 Å². The van der Waals surface area contributed by atoms with Crippen LogP contribution in [0.15, 0.2) is 42.5 Å². The first-order chi connectivity index (χ1) is 10.8. The number of rotatable bonds is 4. The van der Waals surface area contributed by atoms with Gasteiger partial charge in [-0.15, -0.1) is 10.2 Å². The number of hydrogen-bond acceptors (Lipinski definition) is 5. The third-order valence-electron chi connectivity index (χ3n) is 3.55. The number of ether oxygens (including phenoxy) is 1. The van der Waals surface area contributed by atoms with Crippen LogP contribution >= 0.6 is 0 Å². The first-order valence-electron chi connectivity index (χ1n) is 7.36. The monoisotopic (exact) mass is 298 g/mol. The molecule has 2 aromatic rings. The molecule has 6 heteroatoms. The summed E-state index contributed by atoms with van der Waals surface area (Å²) in [6, 6.07) is 13.3. The largest absolute Gasteiger partial charge is 0.381 e. The highest BCUT2D eigenvalue weighted by molar-refractivity contribution is 5.91. The average molecular weight is 298 g/mol. The standard InChI is InChI=1S/C16H18N4O2/c21-16(12-8-10-22-11-9-12)18-15-7-6-14(19-20-15)17-13-4-2-1-3-5-13/h1-7,12H,8-11H2,(H,17,19)(H,18,20,21). The summed E-state index contributed by atoms with van der Waals surface area (Å²) in [5.74, 6) is 1.09. The number of benzene rings is 1. The van der Waals surface area contributed by atoms with Gasteiger partial charge >= 0.3 is 0 Å². The van der Waals surface area contributed by atoms with Gasteiger partial charge in [0.05, 0.1) is 0 Å². The normalized spacial score (nSPS) is 15.3. The molecule has 1 aliphatic heterocycles. The van der Waals surface area contributed by atoms with E-state index in [9.17, 15) is 4.79 Å². The third kappa shape index (κ3) is 3.79. The number of hydrogen-bond donors (Lipinski definition) is 2. The maximum absolute atomic E-state index is 12.1. The van der Waals surface area contributed by atoms with E-state index in [0.717, 1.165) is 18.5 Å². The molecule has 0 unspecified atom stereocenters. The number of nitrogens with one attached hydrogen (secondary N) is 2. The Balaban J connectivity index is 1.58. The van der Waals surface area contributed by atoms with Gasteiger partial charge in [0.15, 0.2) is 11.6 Å². The van der Waals surface area contributed by atoms with Crippen molar-refractivity contribution < 1.29 is 9.53 Å². The molecule has 1 aliphatic rings. The van der Waals surface area contributed by atoms with Crippen LogP contribution in [0.25, 0.3) is 0 Å². The molecule has 1 saturated heterocycles. The molecule has 1 aromatic heterocycles. The summed E-state index contributed by atoms with van der Waals surface area (Å²) < 4.78 is 5.26. The van der Waals surface area contributed by atoms with E-state index in [2.05, 4.69) is 20.8 Å². The van der Waals surface area contributed by atoms with E-state index in [1.807, 2.05) is 30.3 Å². The highest BCUT2D eigenvalue weighted by atomic mass is 16.5. The number of carbonyl (C=O) groups excluding carboxylic acids is 1. The summed E-state index contributed by atoms with van der Waals surface area (Å²) >= 11 is 0. The van der Waals surface area contributed by atoms with Crippen LogP contribution in [0.2, 0.25) is 0 Å². The average Bonchev–Trinajstić information content (AvgIpc) is 2.58. The molecule has 6 nitrogen and oxygen atoms in total. The minimum absolute atomic E-state index is 0.00216. The summed E-state index contributed by atoms with van der Waals surface area (Å²) in [5, 5.41) is 14.1. The summed E-state index contributed by atoms with van der Waals surface area (Å²) in [6.07, 6.45) is 1.51. The summed E-state index contributed by atoms with van der Waals surface area (Å²) in [6.45, 7) is 1.29. The highest BCUT2D eigenvalue weighted by Gasteiger charge is 2.21. The van der Waals surface area contributed by atoms with E-state index in [4.69, 9.17) is 4.74 Å². The molecule has 2 heterocycles. The van der Waals surface area contributed by atoms with Crippen molar-refractivity contribution in [1.29, 1.82) is 0 Å². The lowest BCUT2D eigenvalue weighted by molar-refractivity contribution is -0.122. The molecule has 0 atom stereocenters. The topological polar surface area (TPSA) is 76.1 Å². The van der Waals surface area contributed by atoms with Gasteiger partial charge < -0.3 is 15.4 Å². The van der Waals surface area contributed by atoms with Crippen molar-refractivity contribution >= 4 is 23.2 Å². The number of aromatic nitrogens is 2. The van der Waals surface area contributed by atoms with Crippen molar-refractivity contribution in [3.63, 3.8) is 0 Å². The Morgan fingerprint density at radius 3 is 2.36 bits per heavy atom.